The molecule has 5 rings (SSSR count). The number of carbonyl (C=O) groups excluding carboxylic acids is 1. The van der Waals surface area contributed by atoms with E-state index in [0.29, 0.717) is 13.0 Å². The Morgan fingerprint density at radius 3 is 2.92 bits per heavy atom. The fourth-order valence-electron chi connectivity index (χ4n) is 4.05. The van der Waals surface area contributed by atoms with Crippen LogP contribution in [-0.4, -0.2) is 44.6 Å². The molecule has 0 bridgehead atoms. The number of ether oxygens (including phenoxy) is 1. The summed E-state index contributed by atoms with van der Waals surface area (Å²) in [7, 11) is 0. The van der Waals surface area contributed by atoms with Gasteiger partial charge in [-0.3, -0.25) is 9.20 Å². The quantitative estimate of drug-likeness (QED) is 0.714. The maximum atomic E-state index is 13.0. The third kappa shape index (κ3) is 2.53. The second-order valence-corrected chi connectivity index (χ2v) is 7.03. The number of pyridine rings is 1. The first-order chi connectivity index (χ1) is 12.8. The standard InChI is InChI=1S/C20H20N4O2/c25-20(17-12-14-6-1-2-8-16(14)26-17)23-10-5-7-15(13-23)19-22-21-18-9-3-4-11-24(18)19/h1-4,6,8-9,11,15,17H,5,7,10,12-13H2/t15-,17-/m1/s1. The van der Waals surface area contributed by atoms with Crippen molar-refractivity contribution in [1.29, 1.82) is 0 Å². The maximum Gasteiger partial charge on any atom is 0.264 e. The number of piperidine rings is 1. The van der Waals surface area contributed by atoms with Gasteiger partial charge in [0.25, 0.3) is 5.91 Å². The summed E-state index contributed by atoms with van der Waals surface area (Å²) < 4.78 is 7.92. The fourth-order valence-corrected chi connectivity index (χ4v) is 4.05. The molecular weight excluding hydrogens is 328 g/mol. The van der Waals surface area contributed by atoms with Crippen molar-refractivity contribution < 1.29 is 9.53 Å². The predicted octanol–water partition coefficient (Wildman–Crippen LogP) is 2.44. The molecule has 6 nitrogen and oxygen atoms in total. The number of hydrogen-bond donors (Lipinski definition) is 0. The SMILES string of the molecule is O=C([C@H]1Cc2ccccc2O1)N1CCC[C@@H](c2nnc3ccccn23)C1. The Balaban J connectivity index is 1.34. The van der Waals surface area contributed by atoms with Crippen LogP contribution in [0, 0.1) is 0 Å². The van der Waals surface area contributed by atoms with Crippen LogP contribution < -0.4 is 4.74 Å². The summed E-state index contributed by atoms with van der Waals surface area (Å²) in [5, 5.41) is 8.64. The van der Waals surface area contributed by atoms with Gasteiger partial charge in [0.2, 0.25) is 0 Å². The molecule has 0 unspecified atom stereocenters. The fraction of sp³-hybridized carbons (Fsp3) is 0.350. The van der Waals surface area contributed by atoms with Gasteiger partial charge in [0.15, 0.2) is 11.8 Å². The van der Waals surface area contributed by atoms with Crippen molar-refractivity contribution in [2.24, 2.45) is 0 Å². The zero-order valence-electron chi connectivity index (χ0n) is 14.4. The van der Waals surface area contributed by atoms with Crippen LogP contribution in [0.1, 0.15) is 30.1 Å². The summed E-state index contributed by atoms with van der Waals surface area (Å²) in [6.45, 7) is 1.45. The highest BCUT2D eigenvalue weighted by molar-refractivity contribution is 5.82. The molecule has 2 aliphatic rings. The molecule has 1 amide bonds. The van der Waals surface area contributed by atoms with Gasteiger partial charge in [-0.25, -0.2) is 0 Å². The Morgan fingerprint density at radius 2 is 2.00 bits per heavy atom. The van der Waals surface area contributed by atoms with Gasteiger partial charge in [-0.15, -0.1) is 10.2 Å². The lowest BCUT2D eigenvalue weighted by Gasteiger charge is -2.33. The molecule has 1 fully saturated rings. The van der Waals surface area contributed by atoms with Crippen LogP contribution in [0.4, 0.5) is 0 Å². The van der Waals surface area contributed by atoms with Crippen LogP contribution in [-0.2, 0) is 11.2 Å². The third-order valence-electron chi connectivity index (χ3n) is 5.36. The van der Waals surface area contributed by atoms with Gasteiger partial charge in [0, 0.05) is 31.6 Å². The van der Waals surface area contributed by atoms with Gasteiger partial charge >= 0.3 is 0 Å². The Morgan fingerprint density at radius 1 is 1.12 bits per heavy atom. The van der Waals surface area contributed by atoms with E-state index in [1.54, 1.807) is 0 Å². The van der Waals surface area contributed by atoms with Crippen LogP contribution in [0.3, 0.4) is 0 Å². The number of nitrogens with zero attached hydrogens (tertiary/aromatic N) is 4. The first kappa shape index (κ1) is 15.4. The summed E-state index contributed by atoms with van der Waals surface area (Å²) in [6, 6.07) is 13.8. The minimum Gasteiger partial charge on any atom is -0.480 e. The largest absolute Gasteiger partial charge is 0.480 e. The van der Waals surface area contributed by atoms with E-state index in [9.17, 15) is 4.79 Å². The molecule has 2 atom stereocenters. The van der Waals surface area contributed by atoms with E-state index < -0.39 is 6.10 Å². The van der Waals surface area contributed by atoms with Crippen LogP contribution in [0.15, 0.2) is 48.7 Å². The molecule has 2 aromatic heterocycles. The van der Waals surface area contributed by atoms with E-state index in [2.05, 4.69) is 10.2 Å². The number of hydrogen-bond acceptors (Lipinski definition) is 4. The predicted molar refractivity (Wildman–Crippen MR) is 96.1 cm³/mol. The molecule has 0 radical (unpaired) electrons. The molecule has 4 heterocycles. The van der Waals surface area contributed by atoms with Crippen LogP contribution in [0.25, 0.3) is 5.65 Å². The molecule has 2 aliphatic heterocycles. The Kier molecular flexibility index (Phi) is 3.62. The van der Waals surface area contributed by atoms with Crippen molar-refractivity contribution in [3.05, 3.63) is 60.0 Å². The van der Waals surface area contributed by atoms with E-state index in [1.165, 1.54) is 0 Å². The van der Waals surface area contributed by atoms with Crippen LogP contribution in [0.5, 0.6) is 5.75 Å². The molecule has 132 valence electrons. The van der Waals surface area contributed by atoms with Gasteiger partial charge in [-0.05, 0) is 36.6 Å². The Hall–Kier alpha value is -2.89. The third-order valence-corrected chi connectivity index (χ3v) is 5.36. The minimum atomic E-state index is -0.402. The minimum absolute atomic E-state index is 0.0831. The van der Waals surface area contributed by atoms with Crippen LogP contribution >= 0.6 is 0 Å². The molecule has 3 aromatic rings. The molecule has 0 spiro atoms. The van der Waals surface area contributed by atoms with Crippen molar-refractivity contribution in [2.45, 2.75) is 31.3 Å². The number of rotatable bonds is 2. The van der Waals surface area contributed by atoms with E-state index in [0.717, 1.165) is 42.2 Å². The number of likely N-dealkylation sites (tertiary alicyclic amines) is 1. The van der Waals surface area contributed by atoms with E-state index in [-0.39, 0.29) is 11.8 Å². The number of aromatic nitrogens is 3. The highest BCUT2D eigenvalue weighted by Crippen LogP contribution is 2.31. The first-order valence-corrected chi connectivity index (χ1v) is 9.12. The number of amides is 1. The highest BCUT2D eigenvalue weighted by atomic mass is 16.5. The van der Waals surface area contributed by atoms with Crippen molar-refractivity contribution in [3.63, 3.8) is 0 Å². The molecule has 0 aliphatic carbocycles. The van der Waals surface area contributed by atoms with E-state index in [1.807, 2.05) is 58.0 Å². The molecule has 6 heteroatoms. The smallest absolute Gasteiger partial charge is 0.264 e. The summed E-state index contributed by atoms with van der Waals surface area (Å²) in [5.74, 6) is 2.06. The van der Waals surface area contributed by atoms with Gasteiger partial charge in [-0.1, -0.05) is 24.3 Å². The summed E-state index contributed by atoms with van der Waals surface area (Å²) in [5.41, 5.74) is 1.96. The lowest BCUT2D eigenvalue weighted by molar-refractivity contribution is -0.139. The van der Waals surface area contributed by atoms with Gasteiger partial charge in [0.05, 0.1) is 0 Å². The van der Waals surface area contributed by atoms with Crippen LogP contribution in [0.2, 0.25) is 0 Å². The second-order valence-electron chi connectivity index (χ2n) is 7.03. The summed E-state index contributed by atoms with van der Waals surface area (Å²) in [6.07, 6.45) is 4.23. The molecular formula is C20H20N4O2. The van der Waals surface area contributed by atoms with Gasteiger partial charge < -0.3 is 9.64 Å². The molecule has 0 N–H and O–H groups in total. The average molecular weight is 348 g/mol. The van der Waals surface area contributed by atoms with E-state index >= 15 is 0 Å². The zero-order chi connectivity index (χ0) is 17.5. The number of benzene rings is 1. The van der Waals surface area contributed by atoms with Crippen molar-refractivity contribution in [1.82, 2.24) is 19.5 Å². The zero-order valence-corrected chi connectivity index (χ0v) is 14.4. The first-order valence-electron chi connectivity index (χ1n) is 9.12. The molecule has 26 heavy (non-hydrogen) atoms. The number of carbonyl (C=O) groups is 1. The average Bonchev–Trinajstić information content (AvgIpc) is 3.31. The monoisotopic (exact) mass is 348 g/mol. The summed E-state index contributed by atoms with van der Waals surface area (Å²) in [4.78, 5) is 14.9. The Bertz CT molecular complexity index is 942. The highest BCUT2D eigenvalue weighted by Gasteiger charge is 2.35. The summed E-state index contributed by atoms with van der Waals surface area (Å²) >= 11 is 0. The lowest BCUT2D eigenvalue weighted by atomic mass is 9.96. The Labute approximate surface area is 151 Å². The van der Waals surface area contributed by atoms with Crippen molar-refractivity contribution in [3.8, 4) is 5.75 Å². The molecule has 0 saturated carbocycles. The normalized spacial score (nSPS) is 22.2. The van der Waals surface area contributed by atoms with Crippen molar-refractivity contribution in [2.75, 3.05) is 13.1 Å². The number of fused-ring (bicyclic) bond motifs is 2. The number of para-hydroxylation sites is 1. The van der Waals surface area contributed by atoms with Gasteiger partial charge in [0.1, 0.15) is 11.6 Å². The molecule has 1 aromatic carbocycles. The maximum absolute atomic E-state index is 13.0. The van der Waals surface area contributed by atoms with Crippen molar-refractivity contribution >= 4 is 11.6 Å². The molecule has 1 saturated heterocycles. The van der Waals surface area contributed by atoms with E-state index in [4.69, 9.17) is 4.74 Å². The lowest BCUT2D eigenvalue weighted by Crippen LogP contribution is -2.46. The topological polar surface area (TPSA) is 59.7 Å². The van der Waals surface area contributed by atoms with Gasteiger partial charge in [-0.2, -0.15) is 0 Å². The second kappa shape index (κ2) is 6.12.